The number of hydrogen-bond donors (Lipinski definition) is 0. The third-order valence-electron chi connectivity index (χ3n) is 4.26. The van der Waals surface area contributed by atoms with Gasteiger partial charge in [0, 0.05) is 43.6 Å². The highest BCUT2D eigenvalue weighted by Gasteiger charge is 2.33. The van der Waals surface area contributed by atoms with Gasteiger partial charge in [0.1, 0.15) is 0 Å². The van der Waals surface area contributed by atoms with E-state index in [-0.39, 0.29) is 11.4 Å². The molecule has 2 heterocycles. The molecule has 0 radical (unpaired) electrons. The van der Waals surface area contributed by atoms with E-state index >= 15 is 0 Å². The van der Waals surface area contributed by atoms with E-state index in [4.69, 9.17) is 0 Å². The van der Waals surface area contributed by atoms with Gasteiger partial charge in [0.2, 0.25) is 5.91 Å². The highest BCUT2D eigenvalue weighted by atomic mass is 16.2. The monoisotopic (exact) mass is 301 g/mol. The van der Waals surface area contributed by atoms with Crippen LogP contribution < -0.4 is 0 Å². The van der Waals surface area contributed by atoms with Gasteiger partial charge in [0.15, 0.2) is 0 Å². The number of aromatic nitrogens is 1. The topological polar surface area (TPSA) is 36.4 Å². The molecule has 2 rings (SSSR count). The van der Waals surface area contributed by atoms with Gasteiger partial charge in [-0.05, 0) is 51.3 Å². The quantitative estimate of drug-likeness (QED) is 0.802. The molecule has 1 aliphatic heterocycles. The molecule has 1 atom stereocenters. The third-order valence-corrected chi connectivity index (χ3v) is 4.26. The van der Waals surface area contributed by atoms with E-state index in [2.05, 4.69) is 43.3 Å². The molecule has 0 N–H and O–H groups in total. The van der Waals surface area contributed by atoms with Crippen molar-refractivity contribution in [1.29, 1.82) is 0 Å². The molecule has 1 aliphatic rings. The highest BCUT2D eigenvalue weighted by Crippen LogP contribution is 2.26. The lowest BCUT2D eigenvalue weighted by atomic mass is 9.96. The summed E-state index contributed by atoms with van der Waals surface area (Å²) < 4.78 is 0. The maximum atomic E-state index is 11.9. The van der Waals surface area contributed by atoms with Crippen molar-refractivity contribution in [1.82, 2.24) is 14.8 Å². The second kappa shape index (κ2) is 7.05. The largest absolute Gasteiger partial charge is 0.338 e. The second-order valence-corrected chi connectivity index (χ2v) is 6.94. The van der Waals surface area contributed by atoms with E-state index in [0.717, 1.165) is 32.5 Å². The van der Waals surface area contributed by atoms with Crippen LogP contribution in [0.4, 0.5) is 0 Å². The first-order valence-corrected chi connectivity index (χ1v) is 7.99. The number of amides is 1. The smallest absolute Gasteiger partial charge is 0.246 e. The van der Waals surface area contributed by atoms with E-state index in [1.54, 1.807) is 6.20 Å². The summed E-state index contributed by atoms with van der Waals surface area (Å²) in [5.74, 6) is 0.0416. The van der Waals surface area contributed by atoms with Gasteiger partial charge < -0.3 is 4.90 Å². The molecule has 0 bridgehead atoms. The summed E-state index contributed by atoms with van der Waals surface area (Å²) in [6.07, 6.45) is 7.32. The van der Waals surface area contributed by atoms with Crippen LogP contribution in [-0.4, -0.2) is 45.4 Å². The number of hydrogen-bond acceptors (Lipinski definition) is 3. The van der Waals surface area contributed by atoms with Gasteiger partial charge >= 0.3 is 0 Å². The molecule has 0 aliphatic carbocycles. The molecule has 0 saturated carbocycles. The zero-order valence-electron chi connectivity index (χ0n) is 14.0. The van der Waals surface area contributed by atoms with Crippen molar-refractivity contribution >= 4 is 5.91 Å². The van der Waals surface area contributed by atoms with E-state index in [1.165, 1.54) is 11.6 Å². The Morgan fingerprint density at radius 1 is 1.55 bits per heavy atom. The molecule has 4 heteroatoms. The van der Waals surface area contributed by atoms with Gasteiger partial charge in [-0.2, -0.15) is 0 Å². The van der Waals surface area contributed by atoms with E-state index in [0.29, 0.717) is 6.04 Å². The second-order valence-electron chi connectivity index (χ2n) is 6.94. The predicted molar refractivity (Wildman–Crippen MR) is 89.3 cm³/mol. The standard InChI is InChI=1S/C18H27N3O/c1-5-17(22)20-11-7-9-16(14-20)21(18(2,3)4)13-15-8-6-10-19-12-15/h5-6,8,10,12,16H,1,7,9,11,13-14H2,2-4H3/t16-/m1/s1. The Morgan fingerprint density at radius 2 is 2.32 bits per heavy atom. The SMILES string of the molecule is C=CC(=O)N1CCC[C@@H](N(Cc2cccnc2)C(C)(C)C)C1. The summed E-state index contributed by atoms with van der Waals surface area (Å²) in [6.45, 7) is 12.8. The van der Waals surface area contributed by atoms with Crippen LogP contribution in [0.25, 0.3) is 0 Å². The number of rotatable bonds is 4. The minimum Gasteiger partial charge on any atom is -0.338 e. The molecule has 4 nitrogen and oxygen atoms in total. The van der Waals surface area contributed by atoms with Gasteiger partial charge in [0.25, 0.3) is 0 Å². The Kier molecular flexibility index (Phi) is 5.35. The Hall–Kier alpha value is -1.68. The minimum absolute atomic E-state index is 0.0416. The molecule has 1 fully saturated rings. The van der Waals surface area contributed by atoms with Crippen molar-refractivity contribution in [3.8, 4) is 0 Å². The van der Waals surface area contributed by atoms with Crippen molar-refractivity contribution in [3.63, 3.8) is 0 Å². The molecule has 1 amide bonds. The summed E-state index contributed by atoms with van der Waals surface area (Å²) in [4.78, 5) is 20.6. The molecule has 1 aromatic rings. The Bertz CT molecular complexity index is 507. The lowest BCUT2D eigenvalue weighted by Crippen LogP contribution is -2.55. The maximum Gasteiger partial charge on any atom is 0.246 e. The molecule has 0 unspecified atom stereocenters. The van der Waals surface area contributed by atoms with Gasteiger partial charge in [-0.1, -0.05) is 12.6 Å². The molecule has 120 valence electrons. The highest BCUT2D eigenvalue weighted by molar-refractivity contribution is 5.87. The van der Waals surface area contributed by atoms with Crippen molar-refractivity contribution in [2.24, 2.45) is 0 Å². The zero-order chi connectivity index (χ0) is 16.2. The lowest BCUT2D eigenvalue weighted by Gasteiger charge is -2.45. The average molecular weight is 301 g/mol. The van der Waals surface area contributed by atoms with Crippen LogP contribution in [0.15, 0.2) is 37.2 Å². The first-order chi connectivity index (χ1) is 10.4. The maximum absolute atomic E-state index is 11.9. The number of likely N-dealkylation sites (tertiary alicyclic amines) is 1. The zero-order valence-corrected chi connectivity index (χ0v) is 14.0. The third kappa shape index (κ3) is 4.17. The van der Waals surface area contributed by atoms with E-state index < -0.39 is 0 Å². The molecule has 1 saturated heterocycles. The van der Waals surface area contributed by atoms with Crippen LogP contribution in [0.3, 0.4) is 0 Å². The summed E-state index contributed by atoms with van der Waals surface area (Å²) in [6, 6.07) is 4.46. The molecular weight excluding hydrogens is 274 g/mol. The van der Waals surface area contributed by atoms with Crippen molar-refractivity contribution < 1.29 is 4.79 Å². The van der Waals surface area contributed by atoms with Crippen LogP contribution in [0.5, 0.6) is 0 Å². The lowest BCUT2D eigenvalue weighted by molar-refractivity contribution is -0.128. The van der Waals surface area contributed by atoms with Crippen LogP contribution in [-0.2, 0) is 11.3 Å². The Balaban J connectivity index is 2.15. The number of carbonyl (C=O) groups is 1. The summed E-state index contributed by atoms with van der Waals surface area (Å²) >= 11 is 0. The molecular formula is C18H27N3O. The first-order valence-electron chi connectivity index (χ1n) is 7.99. The number of pyridine rings is 1. The molecule has 22 heavy (non-hydrogen) atoms. The predicted octanol–water partition coefficient (Wildman–Crippen LogP) is 2.86. The van der Waals surface area contributed by atoms with Gasteiger partial charge in [-0.15, -0.1) is 0 Å². The van der Waals surface area contributed by atoms with Crippen LogP contribution in [0, 0.1) is 0 Å². The van der Waals surface area contributed by atoms with Crippen LogP contribution >= 0.6 is 0 Å². The van der Waals surface area contributed by atoms with Crippen molar-refractivity contribution in [3.05, 3.63) is 42.7 Å². The van der Waals surface area contributed by atoms with Crippen LogP contribution in [0.1, 0.15) is 39.2 Å². The van der Waals surface area contributed by atoms with Gasteiger partial charge in [-0.25, -0.2) is 0 Å². The van der Waals surface area contributed by atoms with Crippen LogP contribution in [0.2, 0.25) is 0 Å². The van der Waals surface area contributed by atoms with Crippen molar-refractivity contribution in [2.45, 2.75) is 51.7 Å². The van der Waals surface area contributed by atoms with E-state index in [9.17, 15) is 4.79 Å². The molecule has 0 aromatic carbocycles. The molecule has 0 spiro atoms. The normalized spacial score (nSPS) is 19.3. The fourth-order valence-corrected chi connectivity index (χ4v) is 3.14. The van der Waals surface area contributed by atoms with Crippen molar-refractivity contribution in [2.75, 3.05) is 13.1 Å². The number of carbonyl (C=O) groups excluding carboxylic acids is 1. The summed E-state index contributed by atoms with van der Waals surface area (Å²) in [7, 11) is 0. The van der Waals surface area contributed by atoms with E-state index in [1.807, 2.05) is 17.2 Å². The number of nitrogens with zero attached hydrogens (tertiary/aromatic N) is 3. The minimum atomic E-state index is 0.0416. The molecule has 1 aromatic heterocycles. The first kappa shape index (κ1) is 16.7. The Morgan fingerprint density at radius 3 is 2.91 bits per heavy atom. The van der Waals surface area contributed by atoms with Gasteiger partial charge in [0.05, 0.1) is 0 Å². The summed E-state index contributed by atoms with van der Waals surface area (Å²) in [5.41, 5.74) is 1.25. The summed E-state index contributed by atoms with van der Waals surface area (Å²) in [5, 5.41) is 0. The average Bonchev–Trinajstić information content (AvgIpc) is 2.52. The fraction of sp³-hybridized carbons (Fsp3) is 0.556. The Labute approximate surface area is 133 Å². The van der Waals surface area contributed by atoms with Gasteiger partial charge in [-0.3, -0.25) is 14.7 Å². The number of piperidine rings is 1. The fourth-order valence-electron chi connectivity index (χ4n) is 3.14.